The monoisotopic (exact) mass is 332 g/mol. The number of benzene rings is 1. The average molecular weight is 333 g/mol. The van der Waals surface area contributed by atoms with Gasteiger partial charge in [0.25, 0.3) is 0 Å². The van der Waals surface area contributed by atoms with Crippen molar-refractivity contribution in [3.63, 3.8) is 0 Å². The van der Waals surface area contributed by atoms with Crippen LogP contribution in [0.25, 0.3) is 0 Å². The van der Waals surface area contributed by atoms with Gasteiger partial charge in [-0.25, -0.2) is 10.2 Å². The highest BCUT2D eigenvalue weighted by Crippen LogP contribution is 2.33. The van der Waals surface area contributed by atoms with Gasteiger partial charge in [-0.15, -0.1) is 0 Å². The summed E-state index contributed by atoms with van der Waals surface area (Å²) in [6.07, 6.45) is -4.22. The van der Waals surface area contributed by atoms with Gasteiger partial charge in [-0.05, 0) is 22.0 Å². The predicted octanol–water partition coefficient (Wildman–Crippen LogP) is 2.20. The molecule has 0 aliphatic carbocycles. The molecule has 1 rings (SSSR count). The molecule has 3 N–H and O–H groups in total. The van der Waals surface area contributed by atoms with Crippen molar-refractivity contribution in [2.45, 2.75) is 6.11 Å². The van der Waals surface area contributed by atoms with E-state index in [2.05, 4.69) is 26.5 Å². The number of ether oxygens (including phenoxy) is 1. The number of alkyl halides is 2. The minimum absolute atomic E-state index is 0.0339. The number of nitrogens with two attached hydrogens (primary N) is 1. The van der Waals surface area contributed by atoms with Gasteiger partial charge in [0, 0.05) is 6.07 Å². The summed E-state index contributed by atoms with van der Waals surface area (Å²) in [5.41, 5.74) is 1.22. The first-order valence-electron chi connectivity index (χ1n) is 4.00. The Morgan fingerprint density at radius 2 is 2.12 bits per heavy atom. The van der Waals surface area contributed by atoms with Gasteiger partial charge in [0.1, 0.15) is 11.6 Å². The fourth-order valence-corrected chi connectivity index (χ4v) is 1.57. The van der Waals surface area contributed by atoms with Gasteiger partial charge < -0.3 is 4.74 Å². The van der Waals surface area contributed by atoms with Gasteiger partial charge >= 0.3 is 12.0 Å². The van der Waals surface area contributed by atoms with E-state index < -0.39 is 23.6 Å². The summed E-state index contributed by atoms with van der Waals surface area (Å²) in [5.74, 6) is 1.13. The van der Waals surface area contributed by atoms with E-state index in [4.69, 9.17) is 11.6 Å². The molecule has 1 aromatic rings. The lowest BCUT2D eigenvalue weighted by molar-refractivity contribution is -0.193. The summed E-state index contributed by atoms with van der Waals surface area (Å²) in [6, 6.07) is 1.63. The van der Waals surface area contributed by atoms with Crippen molar-refractivity contribution in [2.24, 2.45) is 5.84 Å². The second kappa shape index (κ2) is 5.11. The van der Waals surface area contributed by atoms with E-state index in [0.29, 0.717) is 6.07 Å². The Bertz CT molecular complexity index is 459. The highest BCUT2D eigenvalue weighted by Gasteiger charge is 2.42. The number of rotatable bonds is 3. The van der Waals surface area contributed by atoms with Crippen LogP contribution in [0.1, 0.15) is 0 Å². The third-order valence-electron chi connectivity index (χ3n) is 1.61. The SMILES string of the molecule is NNC(=O)C(F)(F)Oc1cc(F)c(Cl)cc1Br. The number of hydrogen-bond acceptors (Lipinski definition) is 3. The lowest BCUT2D eigenvalue weighted by Gasteiger charge is -2.16. The summed E-state index contributed by atoms with van der Waals surface area (Å²) in [6.45, 7) is 0. The molecule has 0 atom stereocenters. The molecule has 0 aliphatic heterocycles. The Morgan fingerprint density at radius 3 is 2.65 bits per heavy atom. The first-order chi connectivity index (χ1) is 7.77. The van der Waals surface area contributed by atoms with Crippen molar-refractivity contribution in [3.8, 4) is 5.75 Å². The van der Waals surface area contributed by atoms with Crippen LogP contribution in [0.3, 0.4) is 0 Å². The number of carbonyl (C=O) groups is 1. The number of amides is 1. The standard InChI is InChI=1S/C8H5BrClF3N2O2/c9-3-1-4(10)5(11)2-6(3)17-8(12,13)7(16)15-14/h1-2H,14H2,(H,15,16). The van der Waals surface area contributed by atoms with Crippen LogP contribution in [0.15, 0.2) is 16.6 Å². The third kappa shape index (κ3) is 3.24. The van der Waals surface area contributed by atoms with E-state index in [1.54, 1.807) is 0 Å². The molecule has 0 aromatic heterocycles. The minimum atomic E-state index is -4.22. The Hall–Kier alpha value is -0.990. The maximum atomic E-state index is 13.0. The summed E-state index contributed by atoms with van der Waals surface area (Å²) in [4.78, 5) is 10.7. The van der Waals surface area contributed by atoms with E-state index in [1.807, 2.05) is 0 Å². The lowest BCUT2D eigenvalue weighted by Crippen LogP contribution is -2.47. The molecule has 0 heterocycles. The summed E-state index contributed by atoms with van der Waals surface area (Å²) in [5, 5.41) is -0.282. The Labute approximate surface area is 107 Å². The number of hydrogen-bond donors (Lipinski definition) is 2. The highest BCUT2D eigenvalue weighted by atomic mass is 79.9. The number of hydrazine groups is 1. The summed E-state index contributed by atoms with van der Waals surface area (Å²) >= 11 is 8.23. The van der Waals surface area contributed by atoms with E-state index in [-0.39, 0.29) is 9.50 Å². The Kier molecular flexibility index (Phi) is 4.23. The van der Waals surface area contributed by atoms with E-state index in [1.165, 1.54) is 5.43 Å². The third-order valence-corrected chi connectivity index (χ3v) is 2.52. The van der Waals surface area contributed by atoms with Crippen LogP contribution in [-0.4, -0.2) is 12.0 Å². The van der Waals surface area contributed by atoms with E-state index in [9.17, 15) is 18.0 Å². The largest absolute Gasteiger partial charge is 0.483 e. The normalized spacial score (nSPS) is 11.2. The number of nitrogens with one attached hydrogen (secondary N) is 1. The maximum absolute atomic E-state index is 13.0. The molecule has 0 unspecified atom stereocenters. The van der Waals surface area contributed by atoms with E-state index in [0.717, 1.165) is 6.07 Å². The van der Waals surface area contributed by atoms with Crippen LogP contribution in [0.2, 0.25) is 5.02 Å². The molecule has 1 aromatic carbocycles. The van der Waals surface area contributed by atoms with Gasteiger partial charge in [-0.3, -0.25) is 10.2 Å². The first-order valence-corrected chi connectivity index (χ1v) is 5.17. The molecule has 0 radical (unpaired) electrons. The minimum Gasteiger partial charge on any atom is -0.424 e. The fourth-order valence-electron chi connectivity index (χ4n) is 0.851. The highest BCUT2D eigenvalue weighted by molar-refractivity contribution is 9.10. The lowest BCUT2D eigenvalue weighted by atomic mass is 10.3. The molecule has 4 nitrogen and oxygen atoms in total. The van der Waals surface area contributed by atoms with Gasteiger partial charge in [0.05, 0.1) is 9.50 Å². The van der Waals surface area contributed by atoms with E-state index >= 15 is 0 Å². The van der Waals surface area contributed by atoms with Crippen LogP contribution in [0.4, 0.5) is 13.2 Å². The average Bonchev–Trinajstić information content (AvgIpc) is 2.24. The van der Waals surface area contributed by atoms with Crippen molar-refractivity contribution in [3.05, 3.63) is 27.4 Å². The summed E-state index contributed by atoms with van der Waals surface area (Å²) < 4.78 is 43.1. The fraction of sp³-hybridized carbons (Fsp3) is 0.125. The molecule has 0 aliphatic rings. The zero-order valence-corrected chi connectivity index (χ0v) is 10.3. The maximum Gasteiger partial charge on any atom is 0.483 e. The second-order valence-electron chi connectivity index (χ2n) is 2.79. The Morgan fingerprint density at radius 1 is 1.53 bits per heavy atom. The van der Waals surface area contributed by atoms with Crippen LogP contribution in [-0.2, 0) is 4.79 Å². The molecular weight excluding hydrogens is 328 g/mol. The van der Waals surface area contributed by atoms with Gasteiger partial charge in [-0.1, -0.05) is 11.6 Å². The molecule has 0 saturated carbocycles. The second-order valence-corrected chi connectivity index (χ2v) is 4.05. The van der Waals surface area contributed by atoms with Crippen molar-refractivity contribution < 1.29 is 22.7 Å². The molecule has 0 spiro atoms. The molecule has 1 amide bonds. The predicted molar refractivity (Wildman–Crippen MR) is 57.0 cm³/mol. The zero-order valence-electron chi connectivity index (χ0n) is 7.94. The van der Waals surface area contributed by atoms with Crippen LogP contribution >= 0.6 is 27.5 Å². The van der Waals surface area contributed by atoms with Crippen LogP contribution < -0.4 is 16.0 Å². The molecule has 0 fully saturated rings. The topological polar surface area (TPSA) is 64.3 Å². The quantitative estimate of drug-likeness (QED) is 0.386. The van der Waals surface area contributed by atoms with Crippen molar-refractivity contribution >= 4 is 33.4 Å². The molecule has 94 valence electrons. The molecular formula is C8H5BrClF3N2O2. The van der Waals surface area contributed by atoms with Crippen molar-refractivity contribution in [1.82, 2.24) is 5.43 Å². The molecule has 0 bridgehead atoms. The van der Waals surface area contributed by atoms with Crippen LogP contribution in [0, 0.1) is 5.82 Å². The number of halogens is 5. The molecule has 9 heteroatoms. The van der Waals surface area contributed by atoms with Gasteiger partial charge in [0.15, 0.2) is 0 Å². The first kappa shape index (κ1) is 14.1. The van der Waals surface area contributed by atoms with Gasteiger partial charge in [0.2, 0.25) is 0 Å². The van der Waals surface area contributed by atoms with Crippen LogP contribution in [0.5, 0.6) is 5.75 Å². The summed E-state index contributed by atoms with van der Waals surface area (Å²) in [7, 11) is 0. The Balaban J connectivity index is 3.03. The van der Waals surface area contributed by atoms with Crippen molar-refractivity contribution in [1.29, 1.82) is 0 Å². The smallest absolute Gasteiger partial charge is 0.424 e. The van der Waals surface area contributed by atoms with Crippen molar-refractivity contribution in [2.75, 3.05) is 0 Å². The van der Waals surface area contributed by atoms with Gasteiger partial charge in [-0.2, -0.15) is 8.78 Å². The molecule has 17 heavy (non-hydrogen) atoms. The number of carbonyl (C=O) groups excluding carboxylic acids is 1. The zero-order chi connectivity index (χ0) is 13.2. The molecule has 0 saturated heterocycles.